The molecule has 128 valence electrons. The second kappa shape index (κ2) is 8.79. The largest absolute Gasteiger partial charge is 0.460 e. The summed E-state index contributed by atoms with van der Waals surface area (Å²) in [5, 5.41) is 9.98. The lowest BCUT2D eigenvalue weighted by Gasteiger charge is -2.19. The summed E-state index contributed by atoms with van der Waals surface area (Å²) in [6.45, 7) is 7.75. The molecular weight excluding hydrogens is 296 g/mol. The van der Waals surface area contributed by atoms with Gasteiger partial charge >= 0.3 is 5.97 Å². The number of Topliss-reactive ketones (excluding diaryl/α,β-unsaturated/α-hetero) is 1. The Labute approximate surface area is 137 Å². The average molecular weight is 322 g/mol. The Morgan fingerprint density at radius 2 is 1.70 bits per heavy atom. The van der Waals surface area contributed by atoms with Crippen LogP contribution in [0.3, 0.4) is 0 Å². The maximum Gasteiger partial charge on any atom is 0.338 e. The second-order valence-corrected chi connectivity index (χ2v) is 5.76. The number of ether oxygens (including phenoxy) is 2. The third kappa shape index (κ3) is 5.77. The van der Waals surface area contributed by atoms with Gasteiger partial charge in [0.2, 0.25) is 0 Å². The molecular formula is C18H26O5. The molecule has 1 aromatic carbocycles. The summed E-state index contributed by atoms with van der Waals surface area (Å²) in [5.74, 6) is -0.819. The number of carbonyl (C=O) groups is 2. The van der Waals surface area contributed by atoms with Gasteiger partial charge in [0.25, 0.3) is 0 Å². The zero-order valence-corrected chi connectivity index (χ0v) is 14.3. The molecule has 5 heteroatoms. The highest BCUT2D eigenvalue weighted by Gasteiger charge is 2.28. The van der Waals surface area contributed by atoms with Gasteiger partial charge in [-0.2, -0.15) is 0 Å². The zero-order valence-electron chi connectivity index (χ0n) is 14.3. The van der Waals surface area contributed by atoms with Crippen molar-refractivity contribution in [3.05, 3.63) is 35.4 Å². The van der Waals surface area contributed by atoms with Gasteiger partial charge in [-0.05, 0) is 38.8 Å². The molecule has 0 saturated carbocycles. The van der Waals surface area contributed by atoms with E-state index in [9.17, 15) is 14.7 Å². The van der Waals surface area contributed by atoms with Crippen molar-refractivity contribution in [2.24, 2.45) is 0 Å². The highest BCUT2D eigenvalue weighted by Crippen LogP contribution is 2.17. The lowest BCUT2D eigenvalue weighted by molar-refractivity contribution is 0.0120. The molecule has 23 heavy (non-hydrogen) atoms. The monoisotopic (exact) mass is 322 g/mol. The molecule has 0 spiro atoms. The minimum Gasteiger partial charge on any atom is -0.460 e. The fourth-order valence-electron chi connectivity index (χ4n) is 1.81. The standard InChI is InChI=1S/C18H26O5/c1-5-13(3)22-11-12-23-17(20)15-9-7-14(8-10-15)16(19)18(4,21)6-2/h7-10,13,21H,5-6,11-12H2,1-4H3. The van der Waals surface area contributed by atoms with Gasteiger partial charge in [0, 0.05) is 5.56 Å². The number of hydrogen-bond acceptors (Lipinski definition) is 5. The van der Waals surface area contributed by atoms with Crippen LogP contribution in [0.2, 0.25) is 0 Å². The molecule has 0 aliphatic rings. The van der Waals surface area contributed by atoms with E-state index in [1.165, 1.54) is 31.2 Å². The molecule has 2 atom stereocenters. The summed E-state index contributed by atoms with van der Waals surface area (Å²) >= 11 is 0. The lowest BCUT2D eigenvalue weighted by Crippen LogP contribution is -2.34. The van der Waals surface area contributed by atoms with Crippen LogP contribution in [0.1, 0.15) is 61.3 Å². The molecule has 0 bridgehead atoms. The first-order chi connectivity index (χ1) is 10.8. The van der Waals surface area contributed by atoms with E-state index in [1.54, 1.807) is 6.92 Å². The molecule has 0 fully saturated rings. The van der Waals surface area contributed by atoms with Gasteiger partial charge in [0.15, 0.2) is 5.78 Å². The molecule has 0 heterocycles. The summed E-state index contributed by atoms with van der Waals surface area (Å²) in [7, 11) is 0. The van der Waals surface area contributed by atoms with Gasteiger partial charge in [0.05, 0.1) is 18.3 Å². The van der Waals surface area contributed by atoms with E-state index in [0.717, 1.165) is 6.42 Å². The van der Waals surface area contributed by atoms with Crippen LogP contribution < -0.4 is 0 Å². The smallest absolute Gasteiger partial charge is 0.338 e. The number of aliphatic hydroxyl groups is 1. The van der Waals surface area contributed by atoms with Crippen molar-refractivity contribution in [3.8, 4) is 0 Å². The Hall–Kier alpha value is -1.72. The molecule has 0 aliphatic heterocycles. The fraction of sp³-hybridized carbons (Fsp3) is 0.556. The minimum absolute atomic E-state index is 0.144. The van der Waals surface area contributed by atoms with E-state index in [1.807, 2.05) is 13.8 Å². The van der Waals surface area contributed by atoms with Crippen molar-refractivity contribution in [1.29, 1.82) is 0 Å². The Bertz CT molecular complexity index is 519. The summed E-state index contributed by atoms with van der Waals surface area (Å²) in [5.41, 5.74) is -0.662. The van der Waals surface area contributed by atoms with Crippen LogP contribution >= 0.6 is 0 Å². The third-order valence-corrected chi connectivity index (χ3v) is 3.85. The number of hydrogen-bond donors (Lipinski definition) is 1. The maximum absolute atomic E-state index is 12.1. The highest BCUT2D eigenvalue weighted by atomic mass is 16.6. The second-order valence-electron chi connectivity index (χ2n) is 5.76. The van der Waals surface area contributed by atoms with Gasteiger partial charge in [-0.1, -0.05) is 26.0 Å². The summed E-state index contributed by atoms with van der Waals surface area (Å²) < 4.78 is 10.5. The van der Waals surface area contributed by atoms with Crippen LogP contribution in [0, 0.1) is 0 Å². The van der Waals surface area contributed by atoms with Crippen molar-refractivity contribution in [2.75, 3.05) is 13.2 Å². The fourth-order valence-corrected chi connectivity index (χ4v) is 1.81. The molecule has 2 unspecified atom stereocenters. The van der Waals surface area contributed by atoms with E-state index in [0.29, 0.717) is 24.2 Å². The Morgan fingerprint density at radius 1 is 1.13 bits per heavy atom. The van der Waals surface area contributed by atoms with E-state index >= 15 is 0 Å². The first-order valence-electron chi connectivity index (χ1n) is 7.97. The van der Waals surface area contributed by atoms with E-state index in [-0.39, 0.29) is 18.5 Å². The lowest BCUT2D eigenvalue weighted by atomic mass is 9.92. The number of rotatable bonds is 9. The summed E-state index contributed by atoms with van der Waals surface area (Å²) in [6.07, 6.45) is 1.38. The van der Waals surface area contributed by atoms with Crippen LogP contribution in [0.4, 0.5) is 0 Å². The first kappa shape index (κ1) is 19.3. The van der Waals surface area contributed by atoms with Crippen LogP contribution in [0.25, 0.3) is 0 Å². The molecule has 0 aromatic heterocycles. The van der Waals surface area contributed by atoms with Crippen LogP contribution in [0.15, 0.2) is 24.3 Å². The van der Waals surface area contributed by atoms with Gasteiger partial charge in [-0.15, -0.1) is 0 Å². The molecule has 0 radical (unpaired) electrons. The minimum atomic E-state index is -1.39. The number of benzene rings is 1. The van der Waals surface area contributed by atoms with Crippen molar-refractivity contribution < 1.29 is 24.2 Å². The SMILES string of the molecule is CCC(C)OCCOC(=O)c1ccc(C(=O)C(C)(O)CC)cc1. The number of ketones is 1. The van der Waals surface area contributed by atoms with Crippen LogP contribution in [-0.2, 0) is 9.47 Å². The Morgan fingerprint density at radius 3 is 2.22 bits per heavy atom. The van der Waals surface area contributed by atoms with Gasteiger partial charge in [-0.3, -0.25) is 4.79 Å². The molecule has 1 N–H and O–H groups in total. The average Bonchev–Trinajstić information content (AvgIpc) is 2.57. The van der Waals surface area contributed by atoms with Gasteiger partial charge in [0.1, 0.15) is 12.2 Å². The third-order valence-electron chi connectivity index (χ3n) is 3.85. The maximum atomic E-state index is 12.1. The molecule has 0 saturated heterocycles. The van der Waals surface area contributed by atoms with Crippen molar-refractivity contribution in [2.45, 2.75) is 52.2 Å². The van der Waals surface area contributed by atoms with Crippen molar-refractivity contribution >= 4 is 11.8 Å². The predicted octanol–water partition coefficient (Wildman–Crippen LogP) is 3.00. The van der Waals surface area contributed by atoms with E-state index < -0.39 is 11.6 Å². The molecule has 5 nitrogen and oxygen atoms in total. The molecule has 0 amide bonds. The topological polar surface area (TPSA) is 72.8 Å². The number of carbonyl (C=O) groups excluding carboxylic acids is 2. The zero-order chi connectivity index (χ0) is 17.5. The van der Waals surface area contributed by atoms with E-state index in [2.05, 4.69) is 0 Å². The molecule has 0 aliphatic carbocycles. The van der Waals surface area contributed by atoms with Gasteiger partial charge in [-0.25, -0.2) is 4.79 Å². The summed E-state index contributed by atoms with van der Waals surface area (Å²) in [6, 6.07) is 6.10. The van der Waals surface area contributed by atoms with Crippen LogP contribution in [-0.4, -0.2) is 41.8 Å². The molecule has 1 aromatic rings. The number of esters is 1. The van der Waals surface area contributed by atoms with Crippen LogP contribution in [0.5, 0.6) is 0 Å². The normalized spacial score (nSPS) is 14.8. The first-order valence-corrected chi connectivity index (χ1v) is 7.97. The van der Waals surface area contributed by atoms with Crippen molar-refractivity contribution in [3.63, 3.8) is 0 Å². The summed E-state index contributed by atoms with van der Waals surface area (Å²) in [4.78, 5) is 24.0. The predicted molar refractivity (Wildman–Crippen MR) is 87.7 cm³/mol. The quantitative estimate of drug-likeness (QED) is 0.430. The Kier molecular flexibility index (Phi) is 7.39. The molecule has 1 rings (SSSR count). The van der Waals surface area contributed by atoms with E-state index in [4.69, 9.17) is 9.47 Å². The van der Waals surface area contributed by atoms with Gasteiger partial charge < -0.3 is 14.6 Å². The Balaban J connectivity index is 2.56. The van der Waals surface area contributed by atoms with Crippen molar-refractivity contribution in [1.82, 2.24) is 0 Å². The highest BCUT2D eigenvalue weighted by molar-refractivity contribution is 6.02.